The highest BCUT2D eigenvalue weighted by atomic mass is 16.5. The zero-order valence-electron chi connectivity index (χ0n) is 14.8. The molecule has 0 aromatic heterocycles. The quantitative estimate of drug-likeness (QED) is 0.641. The summed E-state index contributed by atoms with van der Waals surface area (Å²) in [5.74, 6) is 0.920. The number of hydrogen-bond acceptors (Lipinski definition) is 3. The third-order valence-electron chi connectivity index (χ3n) is 4.98. The van der Waals surface area contributed by atoms with Crippen molar-refractivity contribution in [3.63, 3.8) is 0 Å². The number of nitrogens with zero attached hydrogens (tertiary/aromatic N) is 2. The zero-order valence-corrected chi connectivity index (χ0v) is 14.8. The second kappa shape index (κ2) is 9.04. The number of aliphatic imine (C=N–C) groups is 1. The van der Waals surface area contributed by atoms with Crippen molar-refractivity contribution in [2.24, 2.45) is 4.99 Å². The molecule has 2 fully saturated rings. The molecule has 24 heavy (non-hydrogen) atoms. The van der Waals surface area contributed by atoms with Gasteiger partial charge < -0.3 is 15.4 Å². The van der Waals surface area contributed by atoms with E-state index in [4.69, 9.17) is 4.74 Å². The number of ether oxygens (including phenoxy) is 1. The van der Waals surface area contributed by atoms with Crippen molar-refractivity contribution in [2.45, 2.75) is 44.8 Å². The van der Waals surface area contributed by atoms with Crippen molar-refractivity contribution in [1.29, 1.82) is 0 Å². The second-order valence-electron chi connectivity index (χ2n) is 6.71. The van der Waals surface area contributed by atoms with Gasteiger partial charge in [0.25, 0.3) is 0 Å². The van der Waals surface area contributed by atoms with Crippen molar-refractivity contribution in [3.8, 4) is 0 Å². The Kier molecular flexibility index (Phi) is 6.49. The predicted molar refractivity (Wildman–Crippen MR) is 98.1 cm³/mol. The maximum atomic E-state index is 5.45. The maximum Gasteiger partial charge on any atom is 0.191 e. The molecule has 5 heteroatoms. The lowest BCUT2D eigenvalue weighted by Crippen LogP contribution is -2.42. The first kappa shape index (κ1) is 17.2. The SMILES string of the molecule is CN=C(NCc1ccccc1CN1CCOCC1)NC1CCCC1. The summed E-state index contributed by atoms with van der Waals surface area (Å²) >= 11 is 0. The van der Waals surface area contributed by atoms with E-state index < -0.39 is 0 Å². The molecule has 2 aliphatic rings. The minimum Gasteiger partial charge on any atom is -0.379 e. The van der Waals surface area contributed by atoms with Gasteiger partial charge in [0.15, 0.2) is 5.96 Å². The van der Waals surface area contributed by atoms with Crippen LogP contribution in [0.15, 0.2) is 29.3 Å². The molecule has 0 unspecified atom stereocenters. The second-order valence-corrected chi connectivity index (χ2v) is 6.71. The van der Waals surface area contributed by atoms with Crippen molar-refractivity contribution < 1.29 is 4.74 Å². The predicted octanol–water partition coefficient (Wildman–Crippen LogP) is 2.13. The van der Waals surface area contributed by atoms with Crippen LogP contribution in [0.4, 0.5) is 0 Å². The minimum absolute atomic E-state index is 0.583. The van der Waals surface area contributed by atoms with Gasteiger partial charge in [-0.15, -0.1) is 0 Å². The van der Waals surface area contributed by atoms with Crippen molar-refractivity contribution >= 4 is 5.96 Å². The summed E-state index contributed by atoms with van der Waals surface area (Å²) in [5, 5.41) is 7.03. The summed E-state index contributed by atoms with van der Waals surface area (Å²) in [6.45, 7) is 5.54. The highest BCUT2D eigenvalue weighted by Crippen LogP contribution is 2.17. The third-order valence-corrected chi connectivity index (χ3v) is 4.98. The van der Waals surface area contributed by atoms with E-state index in [-0.39, 0.29) is 0 Å². The van der Waals surface area contributed by atoms with Crippen LogP contribution < -0.4 is 10.6 Å². The van der Waals surface area contributed by atoms with E-state index in [0.717, 1.165) is 45.4 Å². The molecular formula is C19H30N4O. The number of rotatable bonds is 5. The molecule has 3 rings (SSSR count). The molecule has 1 aromatic rings. The molecule has 0 radical (unpaired) electrons. The van der Waals surface area contributed by atoms with Gasteiger partial charge in [-0.2, -0.15) is 0 Å². The van der Waals surface area contributed by atoms with Crippen LogP contribution in [-0.2, 0) is 17.8 Å². The molecule has 0 amide bonds. The first-order valence-electron chi connectivity index (χ1n) is 9.19. The van der Waals surface area contributed by atoms with Gasteiger partial charge in [-0.25, -0.2) is 0 Å². The Labute approximate surface area is 145 Å². The number of morpholine rings is 1. The average Bonchev–Trinajstić information content (AvgIpc) is 3.14. The summed E-state index contributed by atoms with van der Waals surface area (Å²) in [7, 11) is 1.85. The van der Waals surface area contributed by atoms with Gasteiger partial charge in [0.2, 0.25) is 0 Å². The van der Waals surface area contributed by atoms with Crippen LogP contribution in [0.3, 0.4) is 0 Å². The van der Waals surface area contributed by atoms with Crippen LogP contribution in [-0.4, -0.2) is 50.3 Å². The molecule has 1 saturated heterocycles. The monoisotopic (exact) mass is 330 g/mol. The van der Waals surface area contributed by atoms with Crippen LogP contribution >= 0.6 is 0 Å². The number of nitrogens with one attached hydrogen (secondary N) is 2. The molecule has 0 atom stereocenters. The molecule has 1 heterocycles. The lowest BCUT2D eigenvalue weighted by molar-refractivity contribution is 0.0341. The van der Waals surface area contributed by atoms with Crippen molar-refractivity contribution in [3.05, 3.63) is 35.4 Å². The van der Waals surface area contributed by atoms with Gasteiger partial charge in [0, 0.05) is 39.3 Å². The van der Waals surface area contributed by atoms with Crippen molar-refractivity contribution in [2.75, 3.05) is 33.4 Å². The van der Waals surface area contributed by atoms with E-state index in [9.17, 15) is 0 Å². The fraction of sp³-hybridized carbons (Fsp3) is 0.632. The molecule has 1 aliphatic carbocycles. The van der Waals surface area contributed by atoms with Gasteiger partial charge in [0.1, 0.15) is 0 Å². The Bertz CT molecular complexity index is 534. The third kappa shape index (κ3) is 4.95. The Morgan fingerprint density at radius 1 is 1.17 bits per heavy atom. The zero-order chi connectivity index (χ0) is 16.6. The largest absolute Gasteiger partial charge is 0.379 e. The highest BCUT2D eigenvalue weighted by Gasteiger charge is 2.16. The molecule has 1 saturated carbocycles. The molecule has 132 valence electrons. The number of benzene rings is 1. The summed E-state index contributed by atoms with van der Waals surface area (Å²) in [5.41, 5.74) is 2.74. The molecule has 1 aromatic carbocycles. The van der Waals surface area contributed by atoms with Crippen molar-refractivity contribution in [1.82, 2.24) is 15.5 Å². The molecule has 2 N–H and O–H groups in total. The summed E-state index contributed by atoms with van der Waals surface area (Å²) in [6, 6.07) is 9.28. The Morgan fingerprint density at radius 3 is 2.58 bits per heavy atom. The minimum atomic E-state index is 0.583. The first-order valence-corrected chi connectivity index (χ1v) is 9.19. The number of hydrogen-bond donors (Lipinski definition) is 2. The molecule has 0 spiro atoms. The van der Waals surface area contributed by atoms with E-state index in [0.29, 0.717) is 6.04 Å². The molecule has 5 nitrogen and oxygen atoms in total. The molecule has 1 aliphatic heterocycles. The van der Waals surface area contributed by atoms with E-state index >= 15 is 0 Å². The number of guanidine groups is 1. The molecule has 0 bridgehead atoms. The Morgan fingerprint density at radius 2 is 1.88 bits per heavy atom. The Balaban J connectivity index is 1.55. The summed E-state index contributed by atoms with van der Waals surface area (Å²) < 4.78 is 5.45. The van der Waals surface area contributed by atoms with Gasteiger partial charge >= 0.3 is 0 Å². The van der Waals surface area contributed by atoms with Crippen LogP contribution in [0.5, 0.6) is 0 Å². The Hall–Kier alpha value is -1.59. The van der Waals surface area contributed by atoms with Crippen LogP contribution in [0.2, 0.25) is 0 Å². The smallest absolute Gasteiger partial charge is 0.191 e. The fourth-order valence-electron chi connectivity index (χ4n) is 3.52. The van der Waals surface area contributed by atoms with Gasteiger partial charge in [0.05, 0.1) is 13.2 Å². The summed E-state index contributed by atoms with van der Waals surface area (Å²) in [4.78, 5) is 6.85. The highest BCUT2D eigenvalue weighted by molar-refractivity contribution is 5.80. The standard InChI is InChI=1S/C19H30N4O/c1-20-19(22-18-8-4-5-9-18)21-14-16-6-2-3-7-17(16)15-23-10-12-24-13-11-23/h2-3,6-7,18H,4-5,8-15H2,1H3,(H2,20,21,22). The maximum absolute atomic E-state index is 5.45. The van der Waals surface area contributed by atoms with E-state index in [1.165, 1.54) is 36.8 Å². The van der Waals surface area contributed by atoms with Gasteiger partial charge in [-0.05, 0) is 24.0 Å². The van der Waals surface area contributed by atoms with E-state index in [1.807, 2.05) is 7.05 Å². The van der Waals surface area contributed by atoms with Crippen LogP contribution in [0.1, 0.15) is 36.8 Å². The van der Waals surface area contributed by atoms with E-state index in [2.05, 4.69) is 44.8 Å². The van der Waals surface area contributed by atoms with Gasteiger partial charge in [-0.3, -0.25) is 9.89 Å². The van der Waals surface area contributed by atoms with Gasteiger partial charge in [-0.1, -0.05) is 37.1 Å². The molecular weight excluding hydrogens is 300 g/mol. The topological polar surface area (TPSA) is 48.9 Å². The normalized spacial score (nSPS) is 20.3. The summed E-state index contributed by atoms with van der Waals surface area (Å²) in [6.07, 6.45) is 5.18. The lowest BCUT2D eigenvalue weighted by Gasteiger charge is -2.27. The fourth-order valence-corrected chi connectivity index (χ4v) is 3.52. The average molecular weight is 330 g/mol. The van der Waals surface area contributed by atoms with Crippen LogP contribution in [0, 0.1) is 0 Å². The first-order chi connectivity index (χ1) is 11.8. The van der Waals surface area contributed by atoms with E-state index in [1.54, 1.807) is 0 Å². The van der Waals surface area contributed by atoms with Crippen LogP contribution in [0.25, 0.3) is 0 Å². The lowest BCUT2D eigenvalue weighted by atomic mass is 10.1.